The van der Waals surface area contributed by atoms with E-state index in [4.69, 9.17) is 5.73 Å². The van der Waals surface area contributed by atoms with Gasteiger partial charge in [-0.05, 0) is 37.0 Å². The smallest absolute Gasteiger partial charge is 0.261 e. The minimum atomic E-state index is -0.454. The third-order valence-electron chi connectivity index (χ3n) is 5.88. The fourth-order valence-electron chi connectivity index (χ4n) is 3.91. The molecular weight excluding hydrogens is 387 g/mol. The number of rotatable bonds is 6. The molecule has 0 saturated heterocycles. The Labute approximate surface area is 173 Å². The Kier molecular flexibility index (Phi) is 5.48. The summed E-state index contributed by atoms with van der Waals surface area (Å²) >= 11 is 0. The molecule has 30 heavy (non-hydrogen) atoms. The van der Waals surface area contributed by atoms with Crippen molar-refractivity contribution in [2.24, 2.45) is 10.7 Å². The standard InChI is InChI=1S/C22H23FN4O3/c23-10-14(13-27-20(28)16-6-1-2-7-17(16)21(27)29)11-25-12-18-19(24)8-9-26(22(18)30)15-4-3-5-15/h1-2,6-7,10,12,15H,3-5,8-9,11,13,24H2/b14-10-,25-12?. The lowest BCUT2D eigenvalue weighted by atomic mass is 9.89. The van der Waals surface area contributed by atoms with E-state index in [0.717, 1.165) is 24.2 Å². The molecule has 7 nitrogen and oxygen atoms in total. The number of hydrogen-bond donors (Lipinski definition) is 1. The summed E-state index contributed by atoms with van der Waals surface area (Å²) in [6.07, 6.45) is 5.45. The van der Waals surface area contributed by atoms with Gasteiger partial charge in [-0.3, -0.25) is 24.3 Å². The number of nitrogens with zero attached hydrogens (tertiary/aromatic N) is 3. The molecule has 1 fully saturated rings. The molecule has 156 valence electrons. The average Bonchev–Trinajstić information content (AvgIpc) is 2.95. The monoisotopic (exact) mass is 410 g/mol. The zero-order valence-electron chi connectivity index (χ0n) is 16.5. The highest BCUT2D eigenvalue weighted by Crippen LogP contribution is 2.29. The predicted octanol–water partition coefficient (Wildman–Crippen LogP) is 2.20. The van der Waals surface area contributed by atoms with Crippen LogP contribution in [0.25, 0.3) is 0 Å². The van der Waals surface area contributed by atoms with Crippen molar-refractivity contribution in [3.8, 4) is 0 Å². The maximum Gasteiger partial charge on any atom is 0.261 e. The van der Waals surface area contributed by atoms with Crippen LogP contribution in [0.15, 0.2) is 52.4 Å². The van der Waals surface area contributed by atoms with E-state index in [1.165, 1.54) is 6.21 Å². The second-order valence-corrected chi connectivity index (χ2v) is 7.75. The van der Waals surface area contributed by atoms with E-state index in [0.29, 0.717) is 41.7 Å². The fraction of sp³-hybridized carbons (Fsp3) is 0.364. The van der Waals surface area contributed by atoms with Gasteiger partial charge in [-0.15, -0.1) is 0 Å². The third kappa shape index (κ3) is 3.53. The molecule has 8 heteroatoms. The van der Waals surface area contributed by atoms with Gasteiger partial charge in [0.05, 0.1) is 36.1 Å². The number of nitrogens with two attached hydrogens (primary N) is 1. The van der Waals surface area contributed by atoms with E-state index in [2.05, 4.69) is 4.99 Å². The van der Waals surface area contributed by atoms with Crippen molar-refractivity contribution in [1.29, 1.82) is 0 Å². The Balaban J connectivity index is 1.41. The molecule has 4 rings (SSSR count). The molecule has 1 aromatic carbocycles. The van der Waals surface area contributed by atoms with Crippen LogP contribution in [0, 0.1) is 0 Å². The number of benzene rings is 1. The van der Waals surface area contributed by atoms with Crippen molar-refractivity contribution < 1.29 is 18.8 Å². The number of fused-ring (bicyclic) bond motifs is 1. The second kappa shape index (κ2) is 8.22. The van der Waals surface area contributed by atoms with Gasteiger partial charge in [-0.2, -0.15) is 0 Å². The van der Waals surface area contributed by atoms with Crippen LogP contribution < -0.4 is 5.73 Å². The number of halogens is 1. The van der Waals surface area contributed by atoms with E-state index >= 15 is 0 Å². The van der Waals surface area contributed by atoms with Crippen LogP contribution in [-0.4, -0.2) is 59.4 Å². The summed E-state index contributed by atoms with van der Waals surface area (Å²) in [6.45, 7) is 0.330. The summed E-state index contributed by atoms with van der Waals surface area (Å²) in [5.74, 6) is -1.05. The zero-order valence-corrected chi connectivity index (χ0v) is 16.5. The van der Waals surface area contributed by atoms with Crippen LogP contribution >= 0.6 is 0 Å². The molecular formula is C22H23FN4O3. The van der Waals surface area contributed by atoms with Crippen LogP contribution in [0.4, 0.5) is 4.39 Å². The topological polar surface area (TPSA) is 96.1 Å². The molecule has 3 amide bonds. The van der Waals surface area contributed by atoms with E-state index in [1.807, 2.05) is 4.90 Å². The third-order valence-corrected chi connectivity index (χ3v) is 5.88. The molecule has 2 N–H and O–H groups in total. The molecule has 1 aliphatic carbocycles. The Bertz CT molecular complexity index is 959. The first kappa shape index (κ1) is 20.0. The van der Waals surface area contributed by atoms with E-state index < -0.39 is 11.8 Å². The Hall–Kier alpha value is -3.29. The van der Waals surface area contributed by atoms with Gasteiger partial charge in [0.1, 0.15) is 0 Å². The van der Waals surface area contributed by atoms with Gasteiger partial charge >= 0.3 is 0 Å². The molecule has 2 heterocycles. The SMILES string of the molecule is NC1=C(C=NC/C(=C/F)CN2C(=O)c3ccccc3C2=O)C(=O)N(C2CCC2)CC1. The van der Waals surface area contributed by atoms with Gasteiger partial charge in [-0.25, -0.2) is 4.39 Å². The van der Waals surface area contributed by atoms with Gasteiger partial charge in [0.15, 0.2) is 0 Å². The maximum atomic E-state index is 13.4. The summed E-state index contributed by atoms with van der Waals surface area (Å²) in [5, 5.41) is 0. The minimum Gasteiger partial charge on any atom is -0.401 e. The molecule has 0 spiro atoms. The Morgan fingerprint density at radius 1 is 1.13 bits per heavy atom. The summed E-state index contributed by atoms with van der Waals surface area (Å²) in [7, 11) is 0. The van der Waals surface area contributed by atoms with Crippen LogP contribution in [0.1, 0.15) is 46.4 Å². The molecule has 0 bridgehead atoms. The number of imide groups is 1. The largest absolute Gasteiger partial charge is 0.401 e. The highest BCUT2D eigenvalue weighted by atomic mass is 19.1. The van der Waals surface area contributed by atoms with Gasteiger partial charge < -0.3 is 10.6 Å². The highest BCUT2D eigenvalue weighted by Gasteiger charge is 2.36. The number of carbonyl (C=O) groups excluding carboxylic acids is 3. The summed E-state index contributed by atoms with van der Waals surface area (Å²) in [4.78, 5) is 44.6. The molecule has 0 unspecified atom stereocenters. The first-order chi connectivity index (χ1) is 14.5. The van der Waals surface area contributed by atoms with Crippen LogP contribution in [0.3, 0.4) is 0 Å². The van der Waals surface area contributed by atoms with Crippen molar-refractivity contribution in [2.75, 3.05) is 19.6 Å². The minimum absolute atomic E-state index is 0.0859. The normalized spacial score (nSPS) is 20.4. The van der Waals surface area contributed by atoms with Crippen LogP contribution in [0.2, 0.25) is 0 Å². The number of amides is 3. The first-order valence-corrected chi connectivity index (χ1v) is 10.0. The summed E-state index contributed by atoms with van der Waals surface area (Å²) < 4.78 is 13.4. The molecule has 2 aliphatic heterocycles. The summed E-state index contributed by atoms with van der Waals surface area (Å²) in [6, 6.07) is 6.77. The van der Waals surface area contributed by atoms with Crippen LogP contribution in [0.5, 0.6) is 0 Å². The zero-order chi connectivity index (χ0) is 21.3. The van der Waals surface area contributed by atoms with E-state index in [1.54, 1.807) is 24.3 Å². The molecule has 1 saturated carbocycles. The molecule has 3 aliphatic rings. The number of hydrogen-bond acceptors (Lipinski definition) is 5. The van der Waals surface area contributed by atoms with Crippen molar-refractivity contribution in [2.45, 2.75) is 31.7 Å². The van der Waals surface area contributed by atoms with Crippen LogP contribution in [-0.2, 0) is 4.79 Å². The maximum absolute atomic E-state index is 13.4. The molecule has 0 aromatic heterocycles. The lowest BCUT2D eigenvalue weighted by molar-refractivity contribution is -0.131. The molecule has 0 radical (unpaired) electrons. The van der Waals surface area contributed by atoms with Gasteiger partial charge in [0, 0.05) is 30.9 Å². The number of carbonyl (C=O) groups is 3. The van der Waals surface area contributed by atoms with E-state index in [9.17, 15) is 18.8 Å². The first-order valence-electron chi connectivity index (χ1n) is 10.0. The second-order valence-electron chi connectivity index (χ2n) is 7.75. The fourth-order valence-corrected chi connectivity index (χ4v) is 3.91. The predicted molar refractivity (Wildman–Crippen MR) is 110 cm³/mol. The Morgan fingerprint density at radius 3 is 2.37 bits per heavy atom. The molecule has 1 aromatic rings. The lowest BCUT2D eigenvalue weighted by Gasteiger charge is -2.40. The lowest BCUT2D eigenvalue weighted by Crippen LogP contribution is -2.48. The summed E-state index contributed by atoms with van der Waals surface area (Å²) in [5.41, 5.74) is 7.60. The average molecular weight is 410 g/mol. The van der Waals surface area contributed by atoms with Crippen molar-refractivity contribution in [3.63, 3.8) is 0 Å². The van der Waals surface area contributed by atoms with Gasteiger partial charge in [0.25, 0.3) is 17.7 Å². The highest BCUT2D eigenvalue weighted by molar-refractivity contribution is 6.21. The quantitative estimate of drug-likeness (QED) is 0.574. The Morgan fingerprint density at radius 2 is 1.80 bits per heavy atom. The van der Waals surface area contributed by atoms with Crippen molar-refractivity contribution in [1.82, 2.24) is 9.80 Å². The van der Waals surface area contributed by atoms with E-state index in [-0.39, 0.29) is 30.6 Å². The van der Waals surface area contributed by atoms with Crippen molar-refractivity contribution >= 4 is 23.9 Å². The molecule has 0 atom stereocenters. The van der Waals surface area contributed by atoms with Crippen molar-refractivity contribution in [3.05, 3.63) is 58.6 Å². The van der Waals surface area contributed by atoms with Gasteiger partial charge in [0.2, 0.25) is 0 Å². The number of aliphatic imine (C=N–C) groups is 1. The van der Waals surface area contributed by atoms with Gasteiger partial charge in [-0.1, -0.05) is 12.1 Å².